The lowest BCUT2D eigenvalue weighted by atomic mass is 9.71. The van der Waals surface area contributed by atoms with Gasteiger partial charge in [0.2, 0.25) is 0 Å². The molecular weight excluding hydrogens is 800 g/mol. The van der Waals surface area contributed by atoms with Crippen LogP contribution in [0.3, 0.4) is 0 Å². The third kappa shape index (κ3) is 11.2. The smallest absolute Gasteiger partial charge is 0.162 e. The van der Waals surface area contributed by atoms with Crippen molar-refractivity contribution in [2.75, 3.05) is 33.2 Å². The minimum atomic E-state index is -0.925. The molecule has 0 aromatic heterocycles. The van der Waals surface area contributed by atoms with Crippen molar-refractivity contribution in [2.45, 2.75) is 82.9 Å². The van der Waals surface area contributed by atoms with E-state index in [-0.39, 0.29) is 35.6 Å². The number of benzene rings is 4. The second-order valence-electron chi connectivity index (χ2n) is 14.9. The van der Waals surface area contributed by atoms with Gasteiger partial charge in [0.1, 0.15) is 5.82 Å². The lowest BCUT2D eigenvalue weighted by molar-refractivity contribution is -0.949. The van der Waals surface area contributed by atoms with Crippen LogP contribution in [0.1, 0.15) is 86.8 Å². The number of carbonyl (C=O) groups is 1. The first-order chi connectivity index (χ1) is 24.7. The van der Waals surface area contributed by atoms with E-state index in [2.05, 4.69) is 39.6 Å². The van der Waals surface area contributed by atoms with Crippen molar-refractivity contribution in [3.05, 3.63) is 142 Å². The summed E-state index contributed by atoms with van der Waals surface area (Å²) < 4.78 is 13.8. The number of hydrogen-bond acceptors (Lipinski definition) is 5. The number of piperidine rings is 1. The second-order valence-corrected chi connectivity index (χ2v) is 15.3. The van der Waals surface area contributed by atoms with E-state index in [0.29, 0.717) is 48.4 Å². The van der Waals surface area contributed by atoms with Gasteiger partial charge in [0.15, 0.2) is 5.78 Å². The highest BCUT2D eigenvalue weighted by molar-refractivity contribution is 14.0. The molecule has 1 saturated heterocycles. The first kappa shape index (κ1) is 44.2. The third-order valence-electron chi connectivity index (χ3n) is 11.4. The monoisotopic (exact) mass is 855 g/mol. The fourth-order valence-corrected chi connectivity index (χ4v) is 7.36. The molecule has 9 heteroatoms. The highest BCUT2D eigenvalue weighted by Crippen LogP contribution is 2.37. The molecule has 1 aliphatic rings. The Labute approximate surface area is 338 Å². The summed E-state index contributed by atoms with van der Waals surface area (Å²) in [6, 6.07) is 33.6. The summed E-state index contributed by atoms with van der Waals surface area (Å²) in [6.07, 6.45) is 3.16. The molecule has 1 aliphatic heterocycles. The molecule has 286 valence electrons. The highest BCUT2D eigenvalue weighted by atomic mass is 127. The molecule has 0 saturated carbocycles. The molecule has 0 radical (unpaired) electrons. The van der Waals surface area contributed by atoms with Crippen molar-refractivity contribution in [2.24, 2.45) is 0 Å². The van der Waals surface area contributed by atoms with Crippen LogP contribution in [0.5, 0.6) is 0 Å². The van der Waals surface area contributed by atoms with Gasteiger partial charge in [0, 0.05) is 36.5 Å². The Hall–Kier alpha value is -3.15. The standard InChI is InChI=1S/C23H32N2O.C21H23ClFNO2.HI/c1-18(2)25(5,19(3)4)17-16-23(22(24)26,20-12-8-6-9-13-20)21-14-10-7-11-15-21;22-18-7-5-17(6-8-18)21(26)11-14-24(15-12-21)13-1-2-20(25)16-3-9-19(23)10-4-16;/h6-15,18-19H,16-17H2,1-5H3,(H-,24,26);3-10,26H,1-2,11-15H2;1H. The fourth-order valence-electron chi connectivity index (χ4n) is 7.24. The zero-order valence-electron chi connectivity index (χ0n) is 31.7. The molecule has 0 atom stereocenters. The Morgan fingerprint density at radius 1 is 0.887 bits per heavy atom. The van der Waals surface area contributed by atoms with Gasteiger partial charge in [-0.2, -0.15) is 0 Å². The number of quaternary nitrogens is 1. The summed E-state index contributed by atoms with van der Waals surface area (Å²) in [5.41, 5.74) is 1.56. The van der Waals surface area contributed by atoms with Crippen LogP contribution in [0.4, 0.5) is 4.39 Å². The largest absolute Gasteiger partial charge is 0.861 e. The molecule has 5 rings (SSSR count). The third-order valence-corrected chi connectivity index (χ3v) is 11.6. The van der Waals surface area contributed by atoms with Crippen molar-refractivity contribution < 1.29 is 23.9 Å². The maximum atomic E-state index is 12.9. The molecule has 6 nitrogen and oxygen atoms in total. The summed E-state index contributed by atoms with van der Waals surface area (Å²) in [7, 11) is 2.25. The number of aliphatic hydroxyl groups is 1. The van der Waals surface area contributed by atoms with E-state index in [1.54, 1.807) is 0 Å². The summed E-state index contributed by atoms with van der Waals surface area (Å²) in [5.74, 6) is -0.823. The number of nitrogens with one attached hydrogen (secondary N) is 1. The van der Waals surface area contributed by atoms with Gasteiger partial charge < -0.3 is 25.0 Å². The predicted molar refractivity (Wildman–Crippen MR) is 224 cm³/mol. The Balaban J connectivity index is 0.000000280. The van der Waals surface area contributed by atoms with E-state index in [0.717, 1.165) is 53.8 Å². The van der Waals surface area contributed by atoms with Crippen molar-refractivity contribution in [1.29, 1.82) is 5.41 Å². The predicted octanol–water partition coefficient (Wildman–Crippen LogP) is 9.01. The van der Waals surface area contributed by atoms with Gasteiger partial charge in [-0.25, -0.2) is 4.39 Å². The fraction of sp³-hybridized carbons (Fsp3) is 0.409. The van der Waals surface area contributed by atoms with Crippen molar-refractivity contribution in [3.63, 3.8) is 0 Å². The molecule has 1 heterocycles. The van der Waals surface area contributed by atoms with Crippen LogP contribution in [0, 0.1) is 11.2 Å². The minimum absolute atomic E-state index is 0. The van der Waals surface area contributed by atoms with E-state index in [1.165, 1.54) is 24.3 Å². The van der Waals surface area contributed by atoms with Gasteiger partial charge in [0.25, 0.3) is 0 Å². The average Bonchev–Trinajstić information content (AvgIpc) is 3.14. The number of likely N-dealkylation sites (tertiary alicyclic amines) is 1. The van der Waals surface area contributed by atoms with Crippen LogP contribution in [0.15, 0.2) is 109 Å². The summed E-state index contributed by atoms with van der Waals surface area (Å²) >= 11 is 5.92. The maximum Gasteiger partial charge on any atom is 0.162 e. The first-order valence-electron chi connectivity index (χ1n) is 18.4. The van der Waals surface area contributed by atoms with Crippen LogP contribution >= 0.6 is 35.6 Å². The van der Waals surface area contributed by atoms with Gasteiger partial charge in [-0.05, 0) is 112 Å². The van der Waals surface area contributed by atoms with E-state index in [4.69, 9.17) is 17.0 Å². The second kappa shape index (κ2) is 20.0. The average molecular weight is 856 g/mol. The van der Waals surface area contributed by atoms with Crippen LogP contribution in [0.2, 0.25) is 5.02 Å². The van der Waals surface area contributed by atoms with Crippen molar-refractivity contribution >= 4 is 47.3 Å². The summed E-state index contributed by atoms with van der Waals surface area (Å²) in [4.78, 5) is 14.4. The molecule has 0 amide bonds. The number of Topliss-reactive ketones (excluding diaryl/α,β-unsaturated/α-hetero) is 1. The first-order valence-corrected chi connectivity index (χ1v) is 18.8. The lowest BCUT2D eigenvalue weighted by Crippen LogP contribution is -2.57. The van der Waals surface area contributed by atoms with Crippen molar-refractivity contribution in [3.8, 4) is 0 Å². The number of carbonyl (C=O) groups excluding carboxylic acids is 1. The van der Waals surface area contributed by atoms with Crippen LogP contribution in [-0.4, -0.2) is 71.5 Å². The van der Waals surface area contributed by atoms with E-state index in [9.17, 15) is 19.4 Å². The van der Waals surface area contributed by atoms with Gasteiger partial charge in [-0.15, -0.1) is 24.0 Å². The molecule has 0 bridgehead atoms. The quantitative estimate of drug-likeness (QED) is 0.0436. The molecule has 0 spiro atoms. The van der Waals surface area contributed by atoms with Crippen LogP contribution in [0.25, 0.3) is 0 Å². The number of rotatable bonds is 14. The minimum Gasteiger partial charge on any atom is -0.861 e. The molecular formula is C44H56ClFIN3O3. The van der Waals surface area contributed by atoms with Crippen molar-refractivity contribution in [1.82, 2.24) is 4.90 Å². The molecule has 1 fully saturated rings. The zero-order valence-corrected chi connectivity index (χ0v) is 34.8. The van der Waals surface area contributed by atoms with E-state index in [1.807, 2.05) is 84.9 Å². The Morgan fingerprint density at radius 3 is 1.83 bits per heavy atom. The number of nitrogens with zero attached hydrogens (tertiary/aromatic N) is 2. The number of ketones is 1. The van der Waals surface area contributed by atoms with Crippen LogP contribution in [-0.2, 0) is 11.0 Å². The van der Waals surface area contributed by atoms with E-state index < -0.39 is 16.9 Å². The molecule has 0 unspecified atom stereocenters. The lowest BCUT2D eigenvalue weighted by Gasteiger charge is -2.46. The zero-order chi connectivity index (χ0) is 37.9. The molecule has 0 aliphatic carbocycles. The van der Waals surface area contributed by atoms with E-state index >= 15 is 0 Å². The SMILES string of the molecule is CC(C)[N+](C)(CCC(C(=N)[O-])(c1ccccc1)c1ccccc1)C(C)C.I.O=C(CCCN1CCC(O)(c2ccc(Cl)cc2)CC1)c1ccc(F)cc1. The molecule has 2 N–H and O–H groups in total. The Bertz CT molecular complexity index is 1670. The number of hydrogen-bond donors (Lipinski definition) is 2. The Morgan fingerprint density at radius 2 is 1.38 bits per heavy atom. The van der Waals surface area contributed by atoms with Gasteiger partial charge in [-0.3, -0.25) is 4.79 Å². The number of halogens is 3. The maximum absolute atomic E-state index is 12.9. The normalized spacial score (nSPS) is 14.6. The highest BCUT2D eigenvalue weighted by Gasteiger charge is 2.39. The van der Waals surface area contributed by atoms with Gasteiger partial charge in [0.05, 0.1) is 36.7 Å². The summed E-state index contributed by atoms with van der Waals surface area (Å²) in [6.45, 7) is 12.2. The molecule has 4 aromatic carbocycles. The van der Waals surface area contributed by atoms with Gasteiger partial charge >= 0.3 is 0 Å². The molecule has 4 aromatic rings. The molecule has 53 heavy (non-hydrogen) atoms. The summed E-state index contributed by atoms with van der Waals surface area (Å²) in [5, 5.41) is 32.6. The van der Waals surface area contributed by atoms with Crippen LogP contribution < -0.4 is 5.11 Å². The van der Waals surface area contributed by atoms with Gasteiger partial charge in [-0.1, -0.05) is 84.4 Å². The Kier molecular flexibility index (Phi) is 16.7. The topological polar surface area (TPSA) is 87.5 Å².